The monoisotopic (exact) mass is 480 g/mol. The molecule has 4 aliphatic carbocycles. The van der Waals surface area contributed by atoms with Crippen molar-refractivity contribution in [2.45, 2.75) is 105 Å². The number of hydrogen-bond donors (Lipinski definition) is 2. The van der Waals surface area contributed by atoms with Crippen LogP contribution in [-0.4, -0.2) is 22.8 Å². The SMILES string of the molecule is CCOC(=O)C1(C)CCC2(C)CCC3(C)C4=CCc5c(cc(O)c(O)c5C)C4(C)CCC3(C)C2C1. The number of hydrogen-bond acceptors (Lipinski definition) is 4. The standard InChI is InChI=1S/C31H44O4/c1-8-35-26(34)28(4)12-11-27(3)13-15-30(6)23-10-9-20-19(2)25(33)22(32)17-21(20)29(23,5)14-16-31(30,7)24(27)18-28/h10,17,24,32-33H,8-9,11-16,18H2,1-7H3. The molecule has 1 aromatic carbocycles. The van der Waals surface area contributed by atoms with Crippen LogP contribution in [0.2, 0.25) is 0 Å². The first-order chi connectivity index (χ1) is 16.3. The van der Waals surface area contributed by atoms with Gasteiger partial charge in [0.1, 0.15) is 0 Å². The second-order valence-corrected chi connectivity index (χ2v) is 13.5. The lowest BCUT2D eigenvalue weighted by molar-refractivity contribution is -0.181. The van der Waals surface area contributed by atoms with Crippen molar-refractivity contribution in [1.29, 1.82) is 0 Å². The average Bonchev–Trinajstić information content (AvgIpc) is 2.81. The van der Waals surface area contributed by atoms with Gasteiger partial charge in [-0.05, 0) is 117 Å². The van der Waals surface area contributed by atoms with Gasteiger partial charge in [-0.1, -0.05) is 39.3 Å². The van der Waals surface area contributed by atoms with Crippen LogP contribution < -0.4 is 0 Å². The molecule has 3 fully saturated rings. The van der Waals surface area contributed by atoms with Gasteiger partial charge in [-0.2, -0.15) is 0 Å². The maximum absolute atomic E-state index is 13.1. The number of fused-ring (bicyclic) bond motifs is 7. The van der Waals surface area contributed by atoms with Crippen LogP contribution in [0.3, 0.4) is 0 Å². The zero-order chi connectivity index (χ0) is 25.6. The van der Waals surface area contributed by atoms with Crippen molar-refractivity contribution < 1.29 is 19.7 Å². The molecule has 4 heteroatoms. The number of allylic oxidation sites excluding steroid dienone is 2. The largest absolute Gasteiger partial charge is 0.504 e. The van der Waals surface area contributed by atoms with Crippen molar-refractivity contribution in [1.82, 2.24) is 0 Å². The summed E-state index contributed by atoms with van der Waals surface area (Å²) in [4.78, 5) is 13.1. The summed E-state index contributed by atoms with van der Waals surface area (Å²) in [5, 5.41) is 20.9. The van der Waals surface area contributed by atoms with Gasteiger partial charge in [0.15, 0.2) is 11.5 Å². The number of rotatable bonds is 2. The van der Waals surface area contributed by atoms with Crippen LogP contribution in [0.1, 0.15) is 103 Å². The fourth-order valence-electron chi connectivity index (χ4n) is 9.19. The summed E-state index contributed by atoms with van der Waals surface area (Å²) < 4.78 is 5.57. The smallest absolute Gasteiger partial charge is 0.311 e. The van der Waals surface area contributed by atoms with Crippen molar-refractivity contribution in [2.75, 3.05) is 6.61 Å². The second kappa shape index (κ2) is 7.52. The molecule has 0 bridgehead atoms. The third kappa shape index (κ3) is 3.07. The number of esters is 1. The Kier molecular flexibility index (Phi) is 5.31. The maximum atomic E-state index is 13.1. The van der Waals surface area contributed by atoms with Gasteiger partial charge in [-0.15, -0.1) is 0 Å². The summed E-state index contributed by atoms with van der Waals surface area (Å²) in [6.45, 7) is 16.3. The van der Waals surface area contributed by atoms with Crippen molar-refractivity contribution in [3.63, 3.8) is 0 Å². The fourth-order valence-corrected chi connectivity index (χ4v) is 9.19. The molecule has 0 amide bonds. The van der Waals surface area contributed by atoms with E-state index in [4.69, 9.17) is 4.74 Å². The molecule has 35 heavy (non-hydrogen) atoms. The zero-order valence-electron chi connectivity index (χ0n) is 22.8. The summed E-state index contributed by atoms with van der Waals surface area (Å²) >= 11 is 0. The minimum atomic E-state index is -0.407. The highest BCUT2D eigenvalue weighted by Crippen LogP contribution is 2.74. The number of phenols is 2. The Morgan fingerprint density at radius 2 is 1.71 bits per heavy atom. The molecule has 192 valence electrons. The van der Waals surface area contributed by atoms with Gasteiger partial charge >= 0.3 is 5.97 Å². The molecule has 0 saturated heterocycles. The van der Waals surface area contributed by atoms with E-state index in [-0.39, 0.29) is 39.1 Å². The number of carbonyl (C=O) groups excluding carboxylic acids is 1. The van der Waals surface area contributed by atoms with Gasteiger partial charge in [0.2, 0.25) is 0 Å². The Balaban J connectivity index is 1.59. The first kappa shape index (κ1) is 24.7. The van der Waals surface area contributed by atoms with Gasteiger partial charge in [0.25, 0.3) is 0 Å². The predicted octanol–water partition coefficient (Wildman–Crippen LogP) is 7.12. The van der Waals surface area contributed by atoms with E-state index in [9.17, 15) is 15.0 Å². The van der Waals surface area contributed by atoms with Crippen molar-refractivity contribution in [3.05, 3.63) is 34.4 Å². The van der Waals surface area contributed by atoms with Gasteiger partial charge in [-0.3, -0.25) is 4.79 Å². The topological polar surface area (TPSA) is 66.8 Å². The third-order valence-electron chi connectivity index (χ3n) is 11.8. The minimum Gasteiger partial charge on any atom is -0.504 e. The molecule has 0 aromatic heterocycles. The quantitative estimate of drug-likeness (QED) is 0.269. The Bertz CT molecular complexity index is 1120. The highest BCUT2D eigenvalue weighted by Gasteiger charge is 2.67. The molecule has 3 saturated carbocycles. The van der Waals surface area contributed by atoms with Crippen LogP contribution in [-0.2, 0) is 21.4 Å². The molecular formula is C31H44O4. The van der Waals surface area contributed by atoms with E-state index < -0.39 is 5.41 Å². The lowest BCUT2D eigenvalue weighted by Gasteiger charge is -2.70. The summed E-state index contributed by atoms with van der Waals surface area (Å²) in [5.74, 6) is 0.453. The molecule has 2 N–H and O–H groups in total. The lowest BCUT2D eigenvalue weighted by atomic mass is 9.34. The van der Waals surface area contributed by atoms with E-state index in [1.54, 1.807) is 0 Å². The Labute approximate surface area is 211 Å². The molecule has 0 aliphatic heterocycles. The molecule has 0 heterocycles. The molecule has 1 aromatic rings. The van der Waals surface area contributed by atoms with Crippen LogP contribution in [0.15, 0.2) is 17.7 Å². The Morgan fingerprint density at radius 3 is 2.40 bits per heavy atom. The molecule has 4 aliphatic rings. The summed E-state index contributed by atoms with van der Waals surface area (Å²) in [5.41, 5.74) is 4.50. The van der Waals surface area contributed by atoms with Crippen molar-refractivity contribution in [2.24, 2.45) is 27.6 Å². The van der Waals surface area contributed by atoms with Crippen LogP contribution in [0.25, 0.3) is 0 Å². The van der Waals surface area contributed by atoms with E-state index >= 15 is 0 Å². The highest BCUT2D eigenvalue weighted by molar-refractivity contribution is 5.76. The average molecular weight is 481 g/mol. The molecule has 0 spiro atoms. The molecule has 6 atom stereocenters. The molecular weight excluding hydrogens is 436 g/mol. The van der Waals surface area contributed by atoms with Crippen LogP contribution in [0, 0.1) is 34.5 Å². The number of aromatic hydroxyl groups is 2. The van der Waals surface area contributed by atoms with E-state index in [0.29, 0.717) is 12.5 Å². The predicted molar refractivity (Wildman–Crippen MR) is 139 cm³/mol. The highest BCUT2D eigenvalue weighted by atomic mass is 16.5. The van der Waals surface area contributed by atoms with Gasteiger partial charge < -0.3 is 14.9 Å². The summed E-state index contributed by atoms with van der Waals surface area (Å²) in [7, 11) is 0. The molecule has 4 nitrogen and oxygen atoms in total. The van der Waals surface area contributed by atoms with Crippen LogP contribution in [0.5, 0.6) is 11.5 Å². The third-order valence-corrected chi connectivity index (χ3v) is 11.8. The Hall–Kier alpha value is -1.97. The molecule has 0 radical (unpaired) electrons. The normalized spacial score (nSPS) is 42.1. The number of ether oxygens (including phenoxy) is 1. The van der Waals surface area contributed by atoms with Crippen LogP contribution in [0.4, 0.5) is 0 Å². The molecule has 6 unspecified atom stereocenters. The van der Waals surface area contributed by atoms with E-state index in [0.717, 1.165) is 50.5 Å². The van der Waals surface area contributed by atoms with E-state index in [1.807, 2.05) is 19.9 Å². The van der Waals surface area contributed by atoms with E-state index in [2.05, 4.69) is 40.7 Å². The minimum absolute atomic E-state index is 0.00378. The van der Waals surface area contributed by atoms with Gasteiger partial charge in [0, 0.05) is 5.41 Å². The fraction of sp³-hybridized carbons (Fsp3) is 0.710. The van der Waals surface area contributed by atoms with Gasteiger partial charge in [-0.25, -0.2) is 0 Å². The molecule has 5 rings (SSSR count). The van der Waals surface area contributed by atoms with Crippen LogP contribution >= 0.6 is 0 Å². The lowest BCUT2D eigenvalue weighted by Crippen LogP contribution is -2.62. The summed E-state index contributed by atoms with van der Waals surface area (Å²) in [6.07, 6.45) is 10.6. The van der Waals surface area contributed by atoms with Gasteiger partial charge in [0.05, 0.1) is 12.0 Å². The summed E-state index contributed by atoms with van der Waals surface area (Å²) in [6, 6.07) is 1.84. The maximum Gasteiger partial charge on any atom is 0.311 e. The number of phenolic OH excluding ortho intramolecular Hbond substituents is 2. The van der Waals surface area contributed by atoms with Crippen molar-refractivity contribution in [3.8, 4) is 11.5 Å². The first-order valence-electron chi connectivity index (χ1n) is 13.7. The van der Waals surface area contributed by atoms with E-state index in [1.165, 1.54) is 23.1 Å². The van der Waals surface area contributed by atoms with Crippen molar-refractivity contribution >= 4 is 5.97 Å². The number of carbonyl (C=O) groups is 1. The zero-order valence-corrected chi connectivity index (χ0v) is 22.8. The second-order valence-electron chi connectivity index (χ2n) is 13.5. The Morgan fingerprint density at radius 1 is 1.03 bits per heavy atom. The first-order valence-corrected chi connectivity index (χ1v) is 13.7. The number of benzene rings is 1.